The molecule has 0 saturated heterocycles. The standard InChI is InChI=1S/C15H22O4/c1-3-10(2)12(16)19-15-6-11-4-13(17,8-15)7-14(18,5-11)9-15/h3,11,17-18H,4-9H2,1-2H3. The number of hydrogen-bond acceptors (Lipinski definition) is 4. The van der Waals surface area contributed by atoms with E-state index in [1.807, 2.05) is 0 Å². The number of carbonyl (C=O) groups is 1. The molecule has 0 aliphatic heterocycles. The second kappa shape index (κ2) is 3.83. The van der Waals surface area contributed by atoms with Crippen molar-refractivity contribution < 1.29 is 19.7 Å². The molecule has 19 heavy (non-hydrogen) atoms. The van der Waals surface area contributed by atoms with Crippen molar-refractivity contribution in [2.24, 2.45) is 5.92 Å². The first-order valence-electron chi connectivity index (χ1n) is 7.08. The van der Waals surface area contributed by atoms with Gasteiger partial charge in [-0.15, -0.1) is 0 Å². The van der Waals surface area contributed by atoms with E-state index in [1.165, 1.54) is 0 Å². The Bertz CT molecular complexity index is 435. The zero-order valence-electron chi connectivity index (χ0n) is 11.6. The maximum Gasteiger partial charge on any atom is 0.333 e. The lowest BCUT2D eigenvalue weighted by Crippen LogP contribution is -2.67. The first-order valence-corrected chi connectivity index (χ1v) is 7.08. The predicted molar refractivity (Wildman–Crippen MR) is 69.3 cm³/mol. The Morgan fingerprint density at radius 2 is 1.74 bits per heavy atom. The van der Waals surface area contributed by atoms with Crippen molar-refractivity contribution in [3.05, 3.63) is 11.6 Å². The van der Waals surface area contributed by atoms with Crippen LogP contribution in [0, 0.1) is 5.92 Å². The molecule has 4 aliphatic rings. The van der Waals surface area contributed by atoms with Crippen LogP contribution in [-0.2, 0) is 9.53 Å². The van der Waals surface area contributed by atoms with Crippen LogP contribution >= 0.6 is 0 Å². The number of ether oxygens (including phenoxy) is 1. The van der Waals surface area contributed by atoms with Crippen LogP contribution in [0.1, 0.15) is 52.4 Å². The van der Waals surface area contributed by atoms with Gasteiger partial charge in [0.1, 0.15) is 5.60 Å². The lowest BCUT2D eigenvalue weighted by Gasteiger charge is -2.62. The molecule has 0 amide bonds. The van der Waals surface area contributed by atoms with Gasteiger partial charge in [-0.2, -0.15) is 0 Å². The molecular formula is C15H22O4. The van der Waals surface area contributed by atoms with Gasteiger partial charge in [0.2, 0.25) is 0 Å². The molecule has 2 unspecified atom stereocenters. The van der Waals surface area contributed by atoms with Crippen LogP contribution in [0.15, 0.2) is 11.6 Å². The molecule has 0 radical (unpaired) electrons. The summed E-state index contributed by atoms with van der Waals surface area (Å²) in [5, 5.41) is 21.2. The number of allylic oxidation sites excluding steroid dienone is 1. The molecule has 4 bridgehead atoms. The molecule has 4 saturated carbocycles. The van der Waals surface area contributed by atoms with Crippen LogP contribution < -0.4 is 0 Å². The lowest BCUT2D eigenvalue weighted by molar-refractivity contribution is -0.259. The van der Waals surface area contributed by atoms with Crippen LogP contribution in [0.3, 0.4) is 0 Å². The van der Waals surface area contributed by atoms with Crippen molar-refractivity contribution in [1.82, 2.24) is 0 Å². The average Bonchev–Trinajstić information content (AvgIpc) is 2.21. The fraction of sp³-hybridized carbons (Fsp3) is 0.800. The lowest BCUT2D eigenvalue weighted by atomic mass is 9.50. The summed E-state index contributed by atoms with van der Waals surface area (Å²) < 4.78 is 5.71. The summed E-state index contributed by atoms with van der Waals surface area (Å²) in [5.74, 6) is -0.0541. The Labute approximate surface area is 113 Å². The topological polar surface area (TPSA) is 66.8 Å². The molecule has 0 spiro atoms. The summed E-state index contributed by atoms with van der Waals surface area (Å²) in [6.45, 7) is 3.53. The van der Waals surface area contributed by atoms with Gasteiger partial charge in [0.25, 0.3) is 0 Å². The van der Waals surface area contributed by atoms with Crippen molar-refractivity contribution in [3.63, 3.8) is 0 Å². The quantitative estimate of drug-likeness (QED) is 0.589. The number of rotatable bonds is 2. The maximum absolute atomic E-state index is 12.0. The Morgan fingerprint density at radius 1 is 1.16 bits per heavy atom. The van der Waals surface area contributed by atoms with Gasteiger partial charge in [-0.1, -0.05) is 6.08 Å². The largest absolute Gasteiger partial charge is 0.455 e. The fourth-order valence-electron chi connectivity index (χ4n) is 4.76. The van der Waals surface area contributed by atoms with Gasteiger partial charge in [0.05, 0.1) is 11.2 Å². The Morgan fingerprint density at radius 3 is 2.21 bits per heavy atom. The maximum atomic E-state index is 12.0. The highest BCUT2D eigenvalue weighted by Gasteiger charge is 2.64. The Hall–Kier alpha value is -0.870. The van der Waals surface area contributed by atoms with E-state index in [2.05, 4.69) is 0 Å². The number of aliphatic hydroxyl groups is 2. The highest BCUT2D eigenvalue weighted by Crippen LogP contribution is 2.60. The summed E-state index contributed by atoms with van der Waals surface area (Å²) >= 11 is 0. The first kappa shape index (κ1) is 13.1. The predicted octanol–water partition coefficient (Wildman–Crippen LogP) is 1.69. The second-order valence-electron chi connectivity index (χ2n) is 7.00. The van der Waals surface area contributed by atoms with E-state index in [0.29, 0.717) is 24.8 Å². The molecule has 4 nitrogen and oxygen atoms in total. The van der Waals surface area contributed by atoms with E-state index in [-0.39, 0.29) is 11.9 Å². The van der Waals surface area contributed by atoms with Crippen LogP contribution in [0.5, 0.6) is 0 Å². The zero-order valence-corrected chi connectivity index (χ0v) is 11.6. The molecule has 4 heteroatoms. The minimum Gasteiger partial charge on any atom is -0.455 e. The van der Waals surface area contributed by atoms with E-state index in [9.17, 15) is 15.0 Å². The smallest absolute Gasteiger partial charge is 0.333 e. The zero-order chi connectivity index (χ0) is 13.9. The van der Waals surface area contributed by atoms with E-state index in [0.717, 1.165) is 19.3 Å². The number of hydrogen-bond donors (Lipinski definition) is 2. The van der Waals surface area contributed by atoms with Gasteiger partial charge >= 0.3 is 5.97 Å². The molecule has 0 aromatic heterocycles. The molecule has 2 atom stereocenters. The van der Waals surface area contributed by atoms with E-state index >= 15 is 0 Å². The fourth-order valence-corrected chi connectivity index (χ4v) is 4.76. The third kappa shape index (κ3) is 2.11. The van der Waals surface area contributed by atoms with Gasteiger partial charge < -0.3 is 14.9 Å². The normalized spacial score (nSPS) is 48.4. The summed E-state index contributed by atoms with van der Waals surface area (Å²) in [6, 6.07) is 0. The van der Waals surface area contributed by atoms with E-state index < -0.39 is 16.8 Å². The number of carbonyl (C=O) groups excluding carboxylic acids is 1. The molecule has 4 rings (SSSR count). The molecule has 106 valence electrons. The molecule has 0 heterocycles. The van der Waals surface area contributed by atoms with Gasteiger partial charge in [-0.25, -0.2) is 4.79 Å². The van der Waals surface area contributed by atoms with Crippen LogP contribution in [0.25, 0.3) is 0 Å². The van der Waals surface area contributed by atoms with Gasteiger partial charge in [-0.05, 0) is 39.0 Å². The van der Waals surface area contributed by atoms with Crippen LogP contribution in [0.4, 0.5) is 0 Å². The van der Waals surface area contributed by atoms with Crippen molar-refractivity contribution in [2.45, 2.75) is 69.2 Å². The van der Waals surface area contributed by atoms with Gasteiger partial charge in [0, 0.05) is 24.8 Å². The van der Waals surface area contributed by atoms with Crippen LogP contribution in [-0.4, -0.2) is 33.0 Å². The summed E-state index contributed by atoms with van der Waals surface area (Å²) in [5.41, 5.74) is -1.78. The Kier molecular flexibility index (Phi) is 2.64. The minimum atomic E-state index is -0.849. The van der Waals surface area contributed by atoms with Crippen molar-refractivity contribution in [3.8, 4) is 0 Å². The van der Waals surface area contributed by atoms with Crippen LogP contribution in [0.2, 0.25) is 0 Å². The highest BCUT2D eigenvalue weighted by atomic mass is 16.6. The van der Waals surface area contributed by atoms with Gasteiger partial charge in [-0.3, -0.25) is 0 Å². The molecule has 0 aromatic carbocycles. The molecule has 0 aromatic rings. The van der Waals surface area contributed by atoms with E-state index in [4.69, 9.17) is 4.74 Å². The number of esters is 1. The van der Waals surface area contributed by atoms with Crippen molar-refractivity contribution in [1.29, 1.82) is 0 Å². The second-order valence-corrected chi connectivity index (χ2v) is 7.00. The monoisotopic (exact) mass is 266 g/mol. The summed E-state index contributed by atoms with van der Waals surface area (Å²) in [7, 11) is 0. The first-order chi connectivity index (χ1) is 8.77. The molecule has 2 N–H and O–H groups in total. The highest BCUT2D eigenvalue weighted by molar-refractivity contribution is 5.88. The minimum absolute atomic E-state index is 0.268. The average molecular weight is 266 g/mol. The molecular weight excluding hydrogens is 244 g/mol. The van der Waals surface area contributed by atoms with E-state index in [1.54, 1.807) is 19.9 Å². The SMILES string of the molecule is CC=C(C)C(=O)OC12CC3CC(O)(CC(O)(C3)C1)C2. The molecule has 4 aliphatic carbocycles. The Balaban J connectivity index is 1.87. The summed E-state index contributed by atoms with van der Waals surface area (Å²) in [4.78, 5) is 12.0. The molecule has 4 fully saturated rings. The van der Waals surface area contributed by atoms with Crippen molar-refractivity contribution in [2.75, 3.05) is 0 Å². The van der Waals surface area contributed by atoms with Crippen molar-refractivity contribution >= 4 is 5.97 Å². The third-order valence-corrected chi connectivity index (χ3v) is 5.02. The third-order valence-electron chi connectivity index (χ3n) is 5.02. The van der Waals surface area contributed by atoms with Gasteiger partial charge in [0.15, 0.2) is 0 Å². The summed E-state index contributed by atoms with van der Waals surface area (Å²) in [6.07, 6.45) is 5.35.